The van der Waals surface area contributed by atoms with Gasteiger partial charge in [-0.1, -0.05) is 60.7 Å². The molecule has 0 bridgehead atoms. The number of hydrogen-bond donors (Lipinski definition) is 0. The molecule has 0 unspecified atom stereocenters. The molecule has 132 valence electrons. The first-order valence-corrected chi connectivity index (χ1v) is 9.41. The van der Waals surface area contributed by atoms with Crippen molar-refractivity contribution < 1.29 is 0 Å². The van der Waals surface area contributed by atoms with E-state index in [4.69, 9.17) is 0 Å². The highest BCUT2D eigenvalue weighted by Gasteiger charge is 2.24. The molecule has 0 radical (unpaired) electrons. The molecule has 0 N–H and O–H groups in total. The summed E-state index contributed by atoms with van der Waals surface area (Å²) in [5, 5.41) is 0. The Kier molecular flexibility index (Phi) is 6.49. The van der Waals surface area contributed by atoms with Crippen LogP contribution in [0.3, 0.4) is 0 Å². The van der Waals surface area contributed by atoms with Gasteiger partial charge in [0.2, 0.25) is 0 Å². The summed E-state index contributed by atoms with van der Waals surface area (Å²) in [4.78, 5) is 9.47. The van der Waals surface area contributed by atoms with Crippen molar-refractivity contribution in [1.82, 2.24) is 9.80 Å². The molecular weight excluding hydrogens is 306 g/mol. The van der Waals surface area contributed by atoms with E-state index in [1.54, 1.807) is 0 Å². The van der Waals surface area contributed by atoms with Crippen molar-refractivity contribution in [3.8, 4) is 0 Å². The molecule has 3 heteroatoms. The van der Waals surface area contributed by atoms with Gasteiger partial charge in [0.25, 0.3) is 0 Å². The lowest BCUT2D eigenvalue weighted by Gasteiger charge is -2.23. The molecule has 0 atom stereocenters. The number of rotatable bonds is 8. The number of aryl methyl sites for hydroxylation is 2. The van der Waals surface area contributed by atoms with E-state index in [2.05, 4.69) is 75.5 Å². The summed E-state index contributed by atoms with van der Waals surface area (Å²) in [5.74, 6) is 1.18. The van der Waals surface area contributed by atoms with E-state index in [0.29, 0.717) is 0 Å². The molecule has 25 heavy (non-hydrogen) atoms. The lowest BCUT2D eigenvalue weighted by Crippen LogP contribution is -2.35. The van der Waals surface area contributed by atoms with Crippen molar-refractivity contribution in [3.05, 3.63) is 71.8 Å². The van der Waals surface area contributed by atoms with E-state index in [1.165, 1.54) is 29.9 Å². The van der Waals surface area contributed by atoms with Crippen LogP contribution < -0.4 is 0 Å². The maximum absolute atomic E-state index is 4.57. The van der Waals surface area contributed by atoms with Crippen LogP contribution in [0.25, 0.3) is 0 Å². The Morgan fingerprint density at radius 1 is 0.720 bits per heavy atom. The molecule has 1 heterocycles. The fraction of sp³-hybridized carbons (Fsp3) is 0.409. The highest BCUT2D eigenvalue weighted by atomic mass is 15.4. The van der Waals surface area contributed by atoms with Crippen LogP contribution in [0.2, 0.25) is 0 Å². The summed E-state index contributed by atoms with van der Waals surface area (Å²) in [6.07, 6.45) is 4.65. The molecule has 1 aliphatic heterocycles. The van der Waals surface area contributed by atoms with Crippen LogP contribution >= 0.6 is 0 Å². The first-order valence-electron chi connectivity index (χ1n) is 9.41. The van der Waals surface area contributed by atoms with Gasteiger partial charge in [-0.2, -0.15) is 0 Å². The molecule has 0 spiro atoms. The zero-order valence-electron chi connectivity index (χ0n) is 15.3. The average molecular weight is 335 g/mol. The molecule has 1 saturated heterocycles. The fourth-order valence-corrected chi connectivity index (χ4v) is 3.59. The molecule has 0 saturated carbocycles. The predicted molar refractivity (Wildman–Crippen MR) is 106 cm³/mol. The highest BCUT2D eigenvalue weighted by molar-refractivity contribution is 5.81. The van der Waals surface area contributed by atoms with Gasteiger partial charge in [-0.05, 0) is 36.8 Å². The predicted octanol–water partition coefficient (Wildman–Crippen LogP) is 3.86. The van der Waals surface area contributed by atoms with Crippen molar-refractivity contribution in [2.45, 2.75) is 25.7 Å². The Bertz CT molecular complexity index is 596. The molecule has 0 aromatic heterocycles. The maximum atomic E-state index is 4.57. The summed E-state index contributed by atoms with van der Waals surface area (Å²) in [6.45, 7) is 4.40. The minimum absolute atomic E-state index is 1.09. The van der Waals surface area contributed by atoms with Crippen molar-refractivity contribution in [2.75, 3.05) is 33.2 Å². The van der Waals surface area contributed by atoms with E-state index in [0.717, 1.165) is 39.0 Å². The van der Waals surface area contributed by atoms with Gasteiger partial charge in [-0.3, -0.25) is 4.99 Å². The van der Waals surface area contributed by atoms with Crippen LogP contribution in [0.1, 0.15) is 24.0 Å². The number of aliphatic imine (C=N–C) groups is 1. The van der Waals surface area contributed by atoms with Gasteiger partial charge in [0.15, 0.2) is 5.96 Å². The summed E-state index contributed by atoms with van der Waals surface area (Å²) in [7, 11) is 1.93. The topological polar surface area (TPSA) is 18.8 Å². The van der Waals surface area contributed by atoms with Crippen molar-refractivity contribution in [3.63, 3.8) is 0 Å². The molecule has 1 aliphatic rings. The molecule has 3 rings (SSSR count). The third kappa shape index (κ3) is 5.09. The van der Waals surface area contributed by atoms with Crippen molar-refractivity contribution in [2.24, 2.45) is 4.99 Å². The average Bonchev–Trinajstić information content (AvgIpc) is 3.05. The molecule has 1 fully saturated rings. The van der Waals surface area contributed by atoms with Crippen LogP contribution in [0.5, 0.6) is 0 Å². The van der Waals surface area contributed by atoms with E-state index in [-0.39, 0.29) is 0 Å². The Hall–Kier alpha value is -2.29. The summed E-state index contributed by atoms with van der Waals surface area (Å²) < 4.78 is 0. The normalized spacial score (nSPS) is 14.2. The highest BCUT2D eigenvalue weighted by Crippen LogP contribution is 2.13. The smallest absolute Gasteiger partial charge is 0.196 e. The third-order valence-corrected chi connectivity index (χ3v) is 4.88. The van der Waals surface area contributed by atoms with Crippen molar-refractivity contribution in [1.29, 1.82) is 0 Å². The zero-order chi connectivity index (χ0) is 17.3. The molecule has 0 aliphatic carbocycles. The van der Waals surface area contributed by atoms with Crippen LogP contribution in [-0.2, 0) is 12.8 Å². The lowest BCUT2D eigenvalue weighted by molar-refractivity contribution is 0.447. The van der Waals surface area contributed by atoms with Gasteiger partial charge in [-0.15, -0.1) is 0 Å². The SMILES string of the molecule is CN=C1N(CCCc2ccccc2)CCN1CCCc1ccccc1. The van der Waals surface area contributed by atoms with Gasteiger partial charge in [0, 0.05) is 33.2 Å². The first kappa shape index (κ1) is 17.5. The molecule has 2 aromatic carbocycles. The van der Waals surface area contributed by atoms with Crippen LogP contribution in [0.15, 0.2) is 65.7 Å². The summed E-state index contributed by atoms with van der Waals surface area (Å²) >= 11 is 0. The van der Waals surface area contributed by atoms with Crippen LogP contribution in [0.4, 0.5) is 0 Å². The lowest BCUT2D eigenvalue weighted by atomic mass is 10.1. The van der Waals surface area contributed by atoms with Gasteiger partial charge < -0.3 is 9.80 Å². The Labute approximate surface area is 152 Å². The summed E-state index contributed by atoms with van der Waals surface area (Å²) in [6, 6.07) is 21.5. The summed E-state index contributed by atoms with van der Waals surface area (Å²) in [5.41, 5.74) is 2.85. The van der Waals surface area contributed by atoms with Crippen LogP contribution in [0, 0.1) is 0 Å². The number of benzene rings is 2. The quantitative estimate of drug-likeness (QED) is 0.729. The first-order chi connectivity index (χ1) is 12.4. The van der Waals surface area contributed by atoms with Gasteiger partial charge in [-0.25, -0.2) is 0 Å². The Morgan fingerprint density at radius 2 is 1.16 bits per heavy atom. The van der Waals surface area contributed by atoms with Gasteiger partial charge >= 0.3 is 0 Å². The van der Waals surface area contributed by atoms with Gasteiger partial charge in [0.1, 0.15) is 0 Å². The monoisotopic (exact) mass is 335 g/mol. The van der Waals surface area contributed by atoms with E-state index < -0.39 is 0 Å². The van der Waals surface area contributed by atoms with E-state index in [1.807, 2.05) is 7.05 Å². The fourth-order valence-electron chi connectivity index (χ4n) is 3.59. The maximum Gasteiger partial charge on any atom is 0.196 e. The van der Waals surface area contributed by atoms with Crippen LogP contribution in [-0.4, -0.2) is 49.0 Å². The molecule has 2 aromatic rings. The minimum atomic E-state index is 1.09. The Morgan fingerprint density at radius 3 is 1.56 bits per heavy atom. The Balaban J connectivity index is 1.42. The number of nitrogens with zero attached hydrogens (tertiary/aromatic N) is 3. The third-order valence-electron chi connectivity index (χ3n) is 4.88. The second-order valence-corrected chi connectivity index (χ2v) is 6.68. The number of guanidine groups is 1. The minimum Gasteiger partial charge on any atom is -0.341 e. The van der Waals surface area contributed by atoms with Gasteiger partial charge in [0.05, 0.1) is 0 Å². The molecular formula is C22H29N3. The van der Waals surface area contributed by atoms with E-state index in [9.17, 15) is 0 Å². The standard InChI is InChI=1S/C22H29N3/c1-23-22-24(16-8-14-20-10-4-2-5-11-20)18-19-25(22)17-9-15-21-12-6-3-7-13-21/h2-7,10-13H,8-9,14-19H2,1H3. The zero-order valence-corrected chi connectivity index (χ0v) is 15.3. The second-order valence-electron chi connectivity index (χ2n) is 6.68. The second kappa shape index (κ2) is 9.26. The molecule has 0 amide bonds. The number of hydrogen-bond acceptors (Lipinski definition) is 1. The van der Waals surface area contributed by atoms with Crippen molar-refractivity contribution >= 4 is 5.96 Å². The van der Waals surface area contributed by atoms with E-state index >= 15 is 0 Å². The largest absolute Gasteiger partial charge is 0.341 e. The molecule has 3 nitrogen and oxygen atoms in total.